The van der Waals surface area contributed by atoms with Crippen LogP contribution in [0.3, 0.4) is 0 Å². The third-order valence-corrected chi connectivity index (χ3v) is 6.66. The monoisotopic (exact) mass is 574 g/mol. The molecule has 0 aliphatic carbocycles. The topological polar surface area (TPSA) is 73.7 Å². The summed E-state index contributed by atoms with van der Waals surface area (Å²) in [5.41, 5.74) is 0.805. The Morgan fingerprint density at radius 3 is 2.43 bits per heavy atom. The molecule has 0 atom stereocenters. The molecule has 1 aliphatic heterocycles. The summed E-state index contributed by atoms with van der Waals surface area (Å²) in [6.07, 6.45) is -2.29. The van der Waals surface area contributed by atoms with Gasteiger partial charge in [-0.3, -0.25) is 9.78 Å². The summed E-state index contributed by atoms with van der Waals surface area (Å²) in [5.74, 6) is -1.14. The van der Waals surface area contributed by atoms with Crippen LogP contribution in [0.2, 0.25) is 10.0 Å². The van der Waals surface area contributed by atoms with Crippen molar-refractivity contribution in [2.24, 2.45) is 0 Å². The van der Waals surface area contributed by atoms with Gasteiger partial charge in [0.2, 0.25) is 5.91 Å². The van der Waals surface area contributed by atoms with Gasteiger partial charge in [0.15, 0.2) is 11.5 Å². The average Bonchev–Trinajstić information content (AvgIpc) is 2.70. The second-order valence-electron chi connectivity index (χ2n) is 6.85. The number of aromatic nitrogens is 1. The van der Waals surface area contributed by atoms with E-state index in [1.807, 2.05) is 22.6 Å². The SMILES string of the molecule is O=C(CCCc1ncc(C(F)(F)F)cc1I)N1CCc2c(Cl)c(O)c(O)c(Cl)c2C1. The molecule has 0 fully saturated rings. The Bertz CT molecular complexity index is 1000. The van der Waals surface area contributed by atoms with Crippen LogP contribution in [0.1, 0.15) is 35.2 Å². The molecule has 1 aromatic carbocycles. The van der Waals surface area contributed by atoms with Crippen LogP contribution in [-0.2, 0) is 30.4 Å². The summed E-state index contributed by atoms with van der Waals surface area (Å²) in [5, 5.41) is 19.7. The number of pyridine rings is 1. The molecule has 0 saturated carbocycles. The summed E-state index contributed by atoms with van der Waals surface area (Å²) in [6.45, 7) is 0.527. The number of nitrogens with zero attached hydrogens (tertiary/aromatic N) is 2. The highest BCUT2D eigenvalue weighted by molar-refractivity contribution is 14.1. The zero-order valence-electron chi connectivity index (χ0n) is 15.4. The molecule has 3 rings (SSSR count). The molecule has 0 bridgehead atoms. The lowest BCUT2D eigenvalue weighted by molar-refractivity contribution is -0.138. The molecule has 5 nitrogen and oxygen atoms in total. The third kappa shape index (κ3) is 4.72. The lowest BCUT2D eigenvalue weighted by Crippen LogP contribution is -2.36. The smallest absolute Gasteiger partial charge is 0.417 e. The number of phenolic OH excluding ortho intramolecular Hbond substituents is 2. The number of hydrogen-bond acceptors (Lipinski definition) is 4. The van der Waals surface area contributed by atoms with Crippen molar-refractivity contribution in [2.45, 2.75) is 38.4 Å². The van der Waals surface area contributed by atoms with Gasteiger partial charge in [-0.2, -0.15) is 13.2 Å². The number of rotatable bonds is 4. The molecular weight excluding hydrogens is 559 g/mol. The van der Waals surface area contributed by atoms with Crippen LogP contribution in [0.15, 0.2) is 12.3 Å². The number of phenols is 2. The van der Waals surface area contributed by atoms with E-state index in [2.05, 4.69) is 4.98 Å². The van der Waals surface area contributed by atoms with Gasteiger partial charge < -0.3 is 15.1 Å². The molecule has 0 radical (unpaired) electrons. The third-order valence-electron chi connectivity index (χ3n) is 4.92. The van der Waals surface area contributed by atoms with Crippen LogP contribution in [0.4, 0.5) is 13.2 Å². The van der Waals surface area contributed by atoms with E-state index >= 15 is 0 Å². The Hall–Kier alpha value is -1.46. The molecule has 0 spiro atoms. The van der Waals surface area contributed by atoms with Crippen LogP contribution in [0, 0.1) is 3.57 Å². The second kappa shape index (κ2) is 8.96. The Morgan fingerprint density at radius 2 is 1.83 bits per heavy atom. The Balaban J connectivity index is 1.62. The van der Waals surface area contributed by atoms with Crippen LogP contribution in [0.25, 0.3) is 0 Å². The number of benzene rings is 1. The Kier molecular flexibility index (Phi) is 6.93. The predicted octanol–water partition coefficient (Wildman–Crippen LogP) is 5.33. The zero-order valence-corrected chi connectivity index (χ0v) is 19.0. The summed E-state index contributed by atoms with van der Waals surface area (Å²) in [6, 6.07) is 1.04. The van der Waals surface area contributed by atoms with Crippen molar-refractivity contribution in [2.75, 3.05) is 6.54 Å². The molecule has 1 amide bonds. The van der Waals surface area contributed by atoms with E-state index in [1.54, 1.807) is 4.90 Å². The van der Waals surface area contributed by atoms with Crippen molar-refractivity contribution in [3.05, 3.63) is 48.3 Å². The molecule has 2 aromatic rings. The first kappa shape index (κ1) is 23.2. The highest BCUT2D eigenvalue weighted by Gasteiger charge is 2.32. The molecule has 0 saturated heterocycles. The molecule has 11 heteroatoms. The number of amides is 1. The minimum absolute atomic E-state index is 0.0296. The molecule has 162 valence electrons. The number of alkyl halides is 3. The summed E-state index contributed by atoms with van der Waals surface area (Å²) in [7, 11) is 0. The lowest BCUT2D eigenvalue weighted by atomic mass is 9.98. The van der Waals surface area contributed by atoms with Crippen LogP contribution >= 0.6 is 45.8 Å². The number of aromatic hydroxyl groups is 2. The molecular formula is C19H16Cl2F3IN2O3. The van der Waals surface area contributed by atoms with Gasteiger partial charge in [-0.15, -0.1) is 0 Å². The molecule has 2 N–H and O–H groups in total. The first-order chi connectivity index (χ1) is 14.0. The van der Waals surface area contributed by atoms with Gasteiger partial charge in [-0.1, -0.05) is 23.2 Å². The van der Waals surface area contributed by atoms with Gasteiger partial charge in [0.05, 0.1) is 21.3 Å². The summed E-state index contributed by atoms with van der Waals surface area (Å²) >= 11 is 14.0. The highest BCUT2D eigenvalue weighted by atomic mass is 127. The van der Waals surface area contributed by atoms with Crippen molar-refractivity contribution >= 4 is 51.7 Å². The largest absolute Gasteiger partial charge is 0.503 e. The second-order valence-corrected chi connectivity index (χ2v) is 8.77. The van der Waals surface area contributed by atoms with Crippen LogP contribution in [-0.4, -0.2) is 32.5 Å². The van der Waals surface area contributed by atoms with Crippen molar-refractivity contribution in [1.29, 1.82) is 0 Å². The van der Waals surface area contributed by atoms with Crippen LogP contribution in [0.5, 0.6) is 11.5 Å². The number of carbonyl (C=O) groups excluding carboxylic acids is 1. The minimum atomic E-state index is -4.44. The Morgan fingerprint density at radius 1 is 1.20 bits per heavy atom. The Labute approximate surface area is 193 Å². The molecule has 1 aliphatic rings. The fourth-order valence-electron chi connectivity index (χ4n) is 3.28. The molecule has 1 aromatic heterocycles. The standard InChI is InChI=1S/C19H16Cl2F3IN2O3/c20-15-10-4-5-27(8-11(10)16(21)18(30)17(15)29)14(28)3-1-2-13-12(25)6-9(7-26-13)19(22,23)24/h6-7,29-30H,1-5,8H2. The van der Waals surface area contributed by atoms with E-state index in [0.717, 1.165) is 12.3 Å². The fraction of sp³-hybridized carbons (Fsp3) is 0.368. The number of hydrogen-bond donors (Lipinski definition) is 2. The van der Waals surface area contributed by atoms with E-state index in [-0.39, 0.29) is 28.9 Å². The normalized spacial score (nSPS) is 14.0. The van der Waals surface area contributed by atoms with Crippen molar-refractivity contribution in [3.63, 3.8) is 0 Å². The average molecular weight is 575 g/mol. The number of carbonyl (C=O) groups is 1. The first-order valence-electron chi connectivity index (χ1n) is 8.90. The maximum absolute atomic E-state index is 12.7. The van der Waals surface area contributed by atoms with E-state index in [0.29, 0.717) is 46.2 Å². The molecule has 30 heavy (non-hydrogen) atoms. The number of fused-ring (bicyclic) bond motifs is 1. The summed E-state index contributed by atoms with van der Waals surface area (Å²) < 4.78 is 38.6. The van der Waals surface area contributed by atoms with E-state index in [1.165, 1.54) is 0 Å². The van der Waals surface area contributed by atoms with Crippen molar-refractivity contribution in [3.8, 4) is 11.5 Å². The first-order valence-corrected chi connectivity index (χ1v) is 10.7. The number of halogens is 6. The fourth-order valence-corrected chi connectivity index (χ4v) is 4.59. The van der Waals surface area contributed by atoms with Crippen LogP contribution < -0.4 is 0 Å². The highest BCUT2D eigenvalue weighted by Crippen LogP contribution is 2.46. The summed E-state index contributed by atoms with van der Waals surface area (Å²) in [4.78, 5) is 18.0. The van der Waals surface area contributed by atoms with E-state index < -0.39 is 23.2 Å². The van der Waals surface area contributed by atoms with Gasteiger partial charge in [0.1, 0.15) is 0 Å². The van der Waals surface area contributed by atoms with Gasteiger partial charge in [0, 0.05) is 29.3 Å². The van der Waals surface area contributed by atoms with Gasteiger partial charge in [-0.05, 0) is 59.0 Å². The quantitative estimate of drug-likeness (QED) is 0.382. The lowest BCUT2D eigenvalue weighted by Gasteiger charge is -2.30. The van der Waals surface area contributed by atoms with Crippen molar-refractivity contribution < 1.29 is 28.2 Å². The maximum atomic E-state index is 12.7. The molecule has 0 unspecified atom stereocenters. The number of aryl methyl sites for hydroxylation is 1. The van der Waals surface area contributed by atoms with E-state index in [9.17, 15) is 28.2 Å². The maximum Gasteiger partial charge on any atom is 0.417 e. The zero-order chi connectivity index (χ0) is 22.2. The van der Waals surface area contributed by atoms with E-state index in [4.69, 9.17) is 23.2 Å². The van der Waals surface area contributed by atoms with Gasteiger partial charge in [0.25, 0.3) is 0 Å². The van der Waals surface area contributed by atoms with Gasteiger partial charge in [-0.25, -0.2) is 0 Å². The van der Waals surface area contributed by atoms with Gasteiger partial charge >= 0.3 is 6.18 Å². The van der Waals surface area contributed by atoms with Crippen molar-refractivity contribution in [1.82, 2.24) is 9.88 Å². The molecule has 2 heterocycles. The minimum Gasteiger partial charge on any atom is -0.503 e. The predicted molar refractivity (Wildman–Crippen MR) is 114 cm³/mol.